The molecule has 0 bridgehead atoms. The van der Waals surface area contributed by atoms with Crippen LogP contribution in [0.25, 0.3) is 0 Å². The number of carbonyl (C=O) groups is 1. The summed E-state index contributed by atoms with van der Waals surface area (Å²) in [5.41, 5.74) is 1.34. The topological polar surface area (TPSA) is 67.8 Å². The standard InChI is InChI=1S/C15H21NO4/c1-3-19-14-5-4-12(8-11(14)9-17)16-15(18)13-6-7-20-10(13)2/h4-5,8,10,13,17H,3,6-7,9H2,1-2H3,(H,16,18). The van der Waals surface area contributed by atoms with Crippen LogP contribution in [-0.2, 0) is 16.1 Å². The number of carbonyl (C=O) groups excluding carboxylic acids is 1. The van der Waals surface area contributed by atoms with Gasteiger partial charge in [0.2, 0.25) is 5.91 Å². The van der Waals surface area contributed by atoms with E-state index in [-0.39, 0.29) is 24.5 Å². The van der Waals surface area contributed by atoms with Gasteiger partial charge in [-0.3, -0.25) is 4.79 Å². The molecule has 1 aliphatic heterocycles. The Labute approximate surface area is 118 Å². The zero-order valence-electron chi connectivity index (χ0n) is 11.9. The number of rotatable bonds is 5. The SMILES string of the molecule is CCOc1ccc(NC(=O)C2CCOC2C)cc1CO. The summed E-state index contributed by atoms with van der Waals surface area (Å²) >= 11 is 0. The van der Waals surface area contributed by atoms with Gasteiger partial charge in [-0.05, 0) is 38.5 Å². The fourth-order valence-corrected chi connectivity index (χ4v) is 2.39. The van der Waals surface area contributed by atoms with E-state index in [1.807, 2.05) is 13.8 Å². The zero-order chi connectivity index (χ0) is 14.5. The maximum atomic E-state index is 12.2. The maximum absolute atomic E-state index is 12.2. The first-order chi connectivity index (χ1) is 9.65. The number of aliphatic hydroxyl groups is 1. The lowest BCUT2D eigenvalue weighted by atomic mass is 10.0. The van der Waals surface area contributed by atoms with Crippen LogP contribution in [0.4, 0.5) is 5.69 Å². The van der Waals surface area contributed by atoms with E-state index in [1.165, 1.54) is 0 Å². The third kappa shape index (κ3) is 3.29. The molecule has 0 aromatic heterocycles. The van der Waals surface area contributed by atoms with E-state index >= 15 is 0 Å². The van der Waals surface area contributed by atoms with Gasteiger partial charge in [0, 0.05) is 17.9 Å². The Kier molecular flexibility index (Phi) is 4.98. The van der Waals surface area contributed by atoms with Gasteiger partial charge >= 0.3 is 0 Å². The van der Waals surface area contributed by atoms with E-state index in [1.54, 1.807) is 18.2 Å². The van der Waals surface area contributed by atoms with Crippen molar-refractivity contribution in [2.45, 2.75) is 33.0 Å². The molecular formula is C15H21NO4. The Morgan fingerprint density at radius 1 is 1.55 bits per heavy atom. The normalized spacial score (nSPS) is 21.8. The third-order valence-corrected chi connectivity index (χ3v) is 3.51. The molecule has 2 rings (SSSR count). The van der Waals surface area contributed by atoms with Crippen LogP contribution in [0.3, 0.4) is 0 Å². The lowest BCUT2D eigenvalue weighted by Gasteiger charge is -2.15. The molecule has 110 valence electrons. The molecule has 2 atom stereocenters. The van der Waals surface area contributed by atoms with Gasteiger partial charge < -0.3 is 19.9 Å². The number of anilines is 1. The van der Waals surface area contributed by atoms with Gasteiger partial charge in [-0.15, -0.1) is 0 Å². The first-order valence-electron chi connectivity index (χ1n) is 6.94. The minimum Gasteiger partial charge on any atom is -0.494 e. The largest absolute Gasteiger partial charge is 0.494 e. The van der Waals surface area contributed by atoms with Gasteiger partial charge in [-0.25, -0.2) is 0 Å². The van der Waals surface area contributed by atoms with Crippen molar-refractivity contribution in [1.82, 2.24) is 0 Å². The summed E-state index contributed by atoms with van der Waals surface area (Å²) in [6.07, 6.45) is 0.701. The second-order valence-corrected chi connectivity index (χ2v) is 4.87. The summed E-state index contributed by atoms with van der Waals surface area (Å²) in [6, 6.07) is 5.28. The minimum absolute atomic E-state index is 0.0388. The summed E-state index contributed by atoms with van der Waals surface area (Å²) in [5, 5.41) is 12.2. The van der Waals surface area contributed by atoms with Crippen LogP contribution in [-0.4, -0.2) is 30.3 Å². The Hall–Kier alpha value is -1.59. The summed E-state index contributed by atoms with van der Waals surface area (Å²) in [4.78, 5) is 12.2. The highest BCUT2D eigenvalue weighted by atomic mass is 16.5. The average Bonchev–Trinajstić information content (AvgIpc) is 2.87. The Bertz CT molecular complexity index is 475. The molecule has 20 heavy (non-hydrogen) atoms. The predicted molar refractivity (Wildman–Crippen MR) is 75.7 cm³/mol. The number of hydrogen-bond acceptors (Lipinski definition) is 4. The second-order valence-electron chi connectivity index (χ2n) is 4.87. The van der Waals surface area contributed by atoms with Crippen LogP contribution >= 0.6 is 0 Å². The van der Waals surface area contributed by atoms with Crippen molar-refractivity contribution < 1.29 is 19.4 Å². The number of ether oxygens (including phenoxy) is 2. The van der Waals surface area contributed by atoms with Crippen molar-refractivity contribution in [3.8, 4) is 5.75 Å². The molecule has 1 heterocycles. The van der Waals surface area contributed by atoms with Gasteiger partial charge in [0.05, 0.1) is 25.2 Å². The number of aliphatic hydroxyl groups excluding tert-OH is 1. The average molecular weight is 279 g/mol. The van der Waals surface area contributed by atoms with Crippen molar-refractivity contribution in [1.29, 1.82) is 0 Å². The third-order valence-electron chi connectivity index (χ3n) is 3.51. The zero-order valence-corrected chi connectivity index (χ0v) is 11.9. The van der Waals surface area contributed by atoms with Gasteiger partial charge in [0.25, 0.3) is 0 Å². The van der Waals surface area contributed by atoms with Gasteiger partial charge in [0.15, 0.2) is 0 Å². The predicted octanol–water partition coefficient (Wildman–Crippen LogP) is 1.94. The summed E-state index contributed by atoms with van der Waals surface area (Å²) in [7, 11) is 0. The van der Waals surface area contributed by atoms with E-state index in [0.717, 1.165) is 6.42 Å². The molecule has 1 aromatic rings. The fraction of sp³-hybridized carbons (Fsp3) is 0.533. The first-order valence-corrected chi connectivity index (χ1v) is 6.94. The number of nitrogens with one attached hydrogen (secondary N) is 1. The Morgan fingerprint density at radius 2 is 2.35 bits per heavy atom. The maximum Gasteiger partial charge on any atom is 0.230 e. The van der Waals surface area contributed by atoms with Crippen LogP contribution < -0.4 is 10.1 Å². The summed E-state index contributed by atoms with van der Waals surface area (Å²) in [6.45, 7) is 4.84. The minimum atomic E-state index is -0.123. The Balaban J connectivity index is 2.07. The highest BCUT2D eigenvalue weighted by molar-refractivity contribution is 5.93. The van der Waals surface area contributed by atoms with E-state index in [4.69, 9.17) is 9.47 Å². The molecule has 5 nitrogen and oxygen atoms in total. The van der Waals surface area contributed by atoms with Crippen LogP contribution in [0.1, 0.15) is 25.8 Å². The molecule has 1 fully saturated rings. The summed E-state index contributed by atoms with van der Waals surface area (Å²) < 4.78 is 10.8. The molecule has 1 aromatic carbocycles. The molecule has 0 spiro atoms. The molecule has 2 unspecified atom stereocenters. The van der Waals surface area contributed by atoms with Gasteiger partial charge in [-0.1, -0.05) is 0 Å². The highest BCUT2D eigenvalue weighted by Gasteiger charge is 2.30. The van der Waals surface area contributed by atoms with Crippen LogP contribution in [0.5, 0.6) is 5.75 Å². The van der Waals surface area contributed by atoms with Crippen LogP contribution in [0, 0.1) is 5.92 Å². The fourth-order valence-electron chi connectivity index (χ4n) is 2.39. The number of hydrogen-bond donors (Lipinski definition) is 2. The molecule has 2 N–H and O–H groups in total. The Morgan fingerprint density at radius 3 is 2.95 bits per heavy atom. The molecule has 0 radical (unpaired) electrons. The molecule has 5 heteroatoms. The second kappa shape index (κ2) is 6.72. The van der Waals surface area contributed by atoms with E-state index in [0.29, 0.717) is 30.2 Å². The number of amides is 1. The van der Waals surface area contributed by atoms with Crippen molar-refractivity contribution in [2.75, 3.05) is 18.5 Å². The number of benzene rings is 1. The molecule has 1 aliphatic rings. The van der Waals surface area contributed by atoms with E-state index < -0.39 is 0 Å². The van der Waals surface area contributed by atoms with E-state index in [9.17, 15) is 9.90 Å². The lowest BCUT2D eigenvalue weighted by Crippen LogP contribution is -2.27. The molecule has 0 saturated carbocycles. The summed E-state index contributed by atoms with van der Waals surface area (Å²) in [5.74, 6) is 0.493. The molecule has 0 aliphatic carbocycles. The van der Waals surface area contributed by atoms with Crippen LogP contribution in [0.15, 0.2) is 18.2 Å². The van der Waals surface area contributed by atoms with Gasteiger partial charge in [-0.2, -0.15) is 0 Å². The van der Waals surface area contributed by atoms with Crippen molar-refractivity contribution in [3.63, 3.8) is 0 Å². The smallest absolute Gasteiger partial charge is 0.230 e. The first kappa shape index (κ1) is 14.8. The quantitative estimate of drug-likeness (QED) is 0.864. The van der Waals surface area contributed by atoms with E-state index in [2.05, 4.69) is 5.32 Å². The molecular weight excluding hydrogens is 258 g/mol. The molecule has 1 saturated heterocycles. The van der Waals surface area contributed by atoms with Crippen LogP contribution in [0.2, 0.25) is 0 Å². The van der Waals surface area contributed by atoms with Crippen molar-refractivity contribution in [3.05, 3.63) is 23.8 Å². The highest BCUT2D eigenvalue weighted by Crippen LogP contribution is 2.25. The molecule has 1 amide bonds. The van der Waals surface area contributed by atoms with Gasteiger partial charge in [0.1, 0.15) is 5.75 Å². The van der Waals surface area contributed by atoms with Crippen molar-refractivity contribution in [2.24, 2.45) is 5.92 Å². The monoisotopic (exact) mass is 279 g/mol. The lowest BCUT2D eigenvalue weighted by molar-refractivity contribution is -0.121. The van der Waals surface area contributed by atoms with Crippen molar-refractivity contribution >= 4 is 11.6 Å².